The zero-order valence-electron chi connectivity index (χ0n) is 24.3. The Bertz CT molecular complexity index is 1310. The number of ether oxygens (including phenoxy) is 1. The molecule has 0 spiro atoms. The lowest BCUT2D eigenvalue weighted by Gasteiger charge is -2.43. The van der Waals surface area contributed by atoms with Gasteiger partial charge >= 0.3 is 0 Å². The molecule has 1 amide bonds. The third kappa shape index (κ3) is 7.28. The summed E-state index contributed by atoms with van der Waals surface area (Å²) in [4.78, 5) is 26.8. The van der Waals surface area contributed by atoms with Crippen LogP contribution in [0.3, 0.4) is 0 Å². The fraction of sp³-hybridized carbons (Fsp3) is 0.633. The molecule has 0 unspecified atom stereocenters. The summed E-state index contributed by atoms with van der Waals surface area (Å²) in [5.74, 6) is -0.0157. The Kier molecular flexibility index (Phi) is 9.65. The molecule has 2 atom stereocenters. The van der Waals surface area contributed by atoms with E-state index in [1.54, 1.807) is 7.05 Å². The largest absolute Gasteiger partial charge is 0.370 e. The first-order valence-corrected chi connectivity index (χ1v) is 17.0. The third-order valence-corrected chi connectivity index (χ3v) is 10.8. The minimum atomic E-state index is -3.17. The molecular weight excluding hydrogens is 562 g/mol. The fourth-order valence-corrected chi connectivity index (χ4v) is 7.44. The lowest BCUT2D eigenvalue weighted by atomic mass is 9.97. The molecule has 1 aromatic heterocycles. The van der Waals surface area contributed by atoms with Crippen LogP contribution in [0.1, 0.15) is 78.4 Å². The van der Waals surface area contributed by atoms with Crippen molar-refractivity contribution in [3.8, 4) is 0 Å². The Balaban J connectivity index is 1.10. The summed E-state index contributed by atoms with van der Waals surface area (Å²) in [5.41, 5.74) is 3.45. The van der Waals surface area contributed by atoms with Crippen LogP contribution in [0.25, 0.3) is 0 Å². The highest BCUT2D eigenvalue weighted by atomic mass is 35.5. The van der Waals surface area contributed by atoms with Crippen molar-refractivity contribution in [1.29, 1.82) is 0 Å². The maximum absolute atomic E-state index is 13.5. The lowest BCUT2D eigenvalue weighted by molar-refractivity contribution is 0.0401. The Labute approximate surface area is 249 Å². The Morgan fingerprint density at radius 2 is 1.71 bits per heavy atom. The first-order valence-electron chi connectivity index (χ1n) is 14.8. The minimum absolute atomic E-state index is 0.0157. The van der Waals surface area contributed by atoms with Gasteiger partial charge in [0.1, 0.15) is 12.0 Å². The first kappa shape index (κ1) is 30.4. The monoisotopic (exact) mass is 603 g/mol. The summed E-state index contributed by atoms with van der Waals surface area (Å²) in [6, 6.07) is 8.38. The Morgan fingerprint density at radius 3 is 2.37 bits per heavy atom. The van der Waals surface area contributed by atoms with Gasteiger partial charge < -0.3 is 14.5 Å². The van der Waals surface area contributed by atoms with Gasteiger partial charge in [0.15, 0.2) is 0 Å². The SMILES string of the molecule is Cc1c(CC[C@H]2CC[C@H](c3ccc(Cl)cc3)O2)ncnc1C(=O)N1CCC(N2CCC(N(C)S(C)(=O)=O)CC2)CC1. The summed E-state index contributed by atoms with van der Waals surface area (Å²) >= 11 is 6.03. The van der Waals surface area contributed by atoms with Crippen LogP contribution in [0, 0.1) is 6.92 Å². The Morgan fingerprint density at radius 1 is 1.02 bits per heavy atom. The van der Waals surface area contributed by atoms with Crippen molar-refractivity contribution in [2.75, 3.05) is 39.5 Å². The standard InChI is InChI=1S/C30H42ClN5O4S/c1-21-27(10-8-26-9-11-28(40-26)22-4-6-23(31)7-5-22)32-20-33-29(21)30(37)36-18-14-25(15-19-36)35-16-12-24(13-17-35)34(2)41(3,38)39/h4-7,20,24-26,28H,8-19H2,1-3H3/t26-,28+/m0/s1. The van der Waals surface area contributed by atoms with Gasteiger partial charge in [0.05, 0.1) is 18.5 Å². The third-order valence-electron chi connectivity index (χ3n) is 9.25. The summed E-state index contributed by atoms with van der Waals surface area (Å²) < 4.78 is 31.6. The number of amides is 1. The van der Waals surface area contributed by atoms with Gasteiger partial charge in [-0.3, -0.25) is 4.79 Å². The molecule has 41 heavy (non-hydrogen) atoms. The molecule has 224 valence electrons. The number of aryl methyl sites for hydroxylation is 1. The van der Waals surface area contributed by atoms with E-state index in [-0.39, 0.29) is 24.2 Å². The van der Waals surface area contributed by atoms with Crippen LogP contribution in [-0.2, 0) is 21.2 Å². The van der Waals surface area contributed by atoms with E-state index in [4.69, 9.17) is 16.3 Å². The van der Waals surface area contributed by atoms with Crippen LogP contribution in [0.4, 0.5) is 0 Å². The first-order chi connectivity index (χ1) is 19.6. The molecule has 9 nitrogen and oxygen atoms in total. The van der Waals surface area contributed by atoms with Crippen molar-refractivity contribution in [2.24, 2.45) is 0 Å². The van der Waals surface area contributed by atoms with E-state index in [0.717, 1.165) is 86.3 Å². The number of benzene rings is 1. The molecule has 3 aliphatic heterocycles. The number of hydrogen-bond acceptors (Lipinski definition) is 7. The number of hydrogen-bond donors (Lipinski definition) is 0. The molecule has 0 aliphatic carbocycles. The molecule has 11 heteroatoms. The molecule has 0 N–H and O–H groups in total. The van der Waals surface area contributed by atoms with Crippen LogP contribution in [-0.4, -0.2) is 96.1 Å². The van der Waals surface area contributed by atoms with Gasteiger partial charge in [-0.25, -0.2) is 22.7 Å². The number of carbonyl (C=O) groups is 1. The zero-order chi connectivity index (χ0) is 29.1. The van der Waals surface area contributed by atoms with Crippen molar-refractivity contribution in [1.82, 2.24) is 24.1 Å². The smallest absolute Gasteiger partial charge is 0.272 e. The molecular formula is C30H42ClN5O4S. The van der Waals surface area contributed by atoms with Crippen molar-refractivity contribution in [3.63, 3.8) is 0 Å². The minimum Gasteiger partial charge on any atom is -0.370 e. The van der Waals surface area contributed by atoms with Gasteiger partial charge in [-0.15, -0.1) is 0 Å². The molecule has 1 aromatic carbocycles. The molecule has 4 heterocycles. The van der Waals surface area contributed by atoms with Crippen molar-refractivity contribution in [3.05, 3.63) is 58.1 Å². The number of piperidine rings is 2. The van der Waals surface area contributed by atoms with Crippen LogP contribution in [0.15, 0.2) is 30.6 Å². The second kappa shape index (κ2) is 13.0. The van der Waals surface area contributed by atoms with E-state index in [9.17, 15) is 13.2 Å². The molecule has 3 aliphatic rings. The molecule has 0 radical (unpaired) electrons. The second-order valence-corrected chi connectivity index (χ2v) is 14.3. The predicted octanol–water partition coefficient (Wildman–Crippen LogP) is 4.25. The highest BCUT2D eigenvalue weighted by molar-refractivity contribution is 7.88. The van der Waals surface area contributed by atoms with Crippen LogP contribution < -0.4 is 0 Å². The highest BCUT2D eigenvalue weighted by Gasteiger charge is 2.33. The van der Waals surface area contributed by atoms with Crippen LogP contribution >= 0.6 is 11.6 Å². The maximum Gasteiger partial charge on any atom is 0.272 e. The van der Waals surface area contributed by atoms with Gasteiger partial charge in [-0.1, -0.05) is 23.7 Å². The molecule has 2 aromatic rings. The van der Waals surface area contributed by atoms with Gasteiger partial charge in [-0.2, -0.15) is 0 Å². The maximum atomic E-state index is 13.5. The summed E-state index contributed by atoms with van der Waals surface area (Å²) in [7, 11) is -1.49. The average molecular weight is 604 g/mol. The van der Waals surface area contributed by atoms with Crippen molar-refractivity contribution in [2.45, 2.75) is 82.6 Å². The predicted molar refractivity (Wildman–Crippen MR) is 160 cm³/mol. The molecule has 0 bridgehead atoms. The van der Waals surface area contributed by atoms with E-state index >= 15 is 0 Å². The number of nitrogens with zero attached hydrogens (tertiary/aromatic N) is 5. The van der Waals surface area contributed by atoms with Crippen molar-refractivity contribution >= 4 is 27.5 Å². The molecule has 3 fully saturated rings. The number of rotatable bonds is 8. The number of likely N-dealkylation sites (tertiary alicyclic amines) is 2. The molecule has 0 saturated carbocycles. The second-order valence-electron chi connectivity index (χ2n) is 11.8. The van der Waals surface area contributed by atoms with E-state index in [0.29, 0.717) is 24.8 Å². The number of carbonyl (C=O) groups excluding carboxylic acids is 1. The van der Waals surface area contributed by atoms with Gasteiger partial charge in [-0.05, 0) is 89.1 Å². The van der Waals surface area contributed by atoms with Gasteiger partial charge in [0.2, 0.25) is 10.0 Å². The van der Waals surface area contributed by atoms with E-state index in [2.05, 4.69) is 14.9 Å². The van der Waals surface area contributed by atoms with Gasteiger partial charge in [0.25, 0.3) is 5.91 Å². The summed E-state index contributed by atoms with van der Waals surface area (Å²) in [6.45, 7) is 5.14. The highest BCUT2D eigenvalue weighted by Crippen LogP contribution is 2.35. The lowest BCUT2D eigenvalue weighted by Crippen LogP contribution is -2.52. The molecule has 5 rings (SSSR count). The van der Waals surface area contributed by atoms with Gasteiger partial charge in [0, 0.05) is 48.5 Å². The average Bonchev–Trinajstić information content (AvgIpc) is 3.45. The quantitative estimate of drug-likeness (QED) is 0.445. The van der Waals surface area contributed by atoms with E-state index in [1.807, 2.05) is 36.1 Å². The summed E-state index contributed by atoms with van der Waals surface area (Å²) in [5, 5.41) is 0.731. The van der Waals surface area contributed by atoms with Crippen LogP contribution in [0.2, 0.25) is 5.02 Å². The topological polar surface area (TPSA) is 95.9 Å². The zero-order valence-corrected chi connectivity index (χ0v) is 25.9. The normalized spacial score (nSPS) is 23.4. The van der Waals surface area contributed by atoms with Crippen molar-refractivity contribution < 1.29 is 17.9 Å². The summed E-state index contributed by atoms with van der Waals surface area (Å²) in [6.07, 6.45) is 10.2. The number of sulfonamides is 1. The Hall–Kier alpha value is -2.11. The van der Waals surface area contributed by atoms with E-state index in [1.165, 1.54) is 16.9 Å². The van der Waals surface area contributed by atoms with Crippen LogP contribution in [0.5, 0.6) is 0 Å². The fourth-order valence-electron chi connectivity index (χ4n) is 6.56. The van der Waals surface area contributed by atoms with E-state index < -0.39 is 10.0 Å². The molecule has 3 saturated heterocycles. The number of aromatic nitrogens is 2. The number of halogens is 1.